The van der Waals surface area contributed by atoms with Crippen LogP contribution in [0.1, 0.15) is 0 Å². The van der Waals surface area contributed by atoms with E-state index in [1.807, 2.05) is 24.3 Å². The summed E-state index contributed by atoms with van der Waals surface area (Å²) >= 11 is 4.13. The number of benzene rings is 1. The van der Waals surface area contributed by atoms with E-state index in [0.29, 0.717) is 10.8 Å². The van der Waals surface area contributed by atoms with Gasteiger partial charge in [-0.3, -0.25) is 0 Å². The first-order valence-corrected chi connectivity index (χ1v) is 4.93. The number of thiol groups is 1. The van der Waals surface area contributed by atoms with Gasteiger partial charge in [-0.25, -0.2) is 4.98 Å². The zero-order chi connectivity index (χ0) is 10.3. The fourth-order valence-electron chi connectivity index (χ4n) is 1.47. The third-order valence-corrected chi connectivity index (χ3v) is 2.38. The number of aromatic nitrogens is 1. The smallest absolute Gasteiger partial charge is 0.169 e. The quantitative estimate of drug-likeness (QED) is 0.566. The number of nitrogens with zero attached hydrogens (tertiary/aromatic N) is 1. The number of nitrogens with one attached hydrogen (secondary N) is 1. The van der Waals surface area contributed by atoms with Gasteiger partial charge in [-0.2, -0.15) is 0 Å². The Hall–Kier alpha value is -1.68. The van der Waals surface area contributed by atoms with Crippen molar-refractivity contribution in [2.75, 3.05) is 5.32 Å². The Kier molecular flexibility index (Phi) is 1.82. The van der Waals surface area contributed by atoms with E-state index >= 15 is 0 Å². The standard InChI is InChI=1S/C11H7N2OS/c15-11-5-8-10(6-12-11)14-9-4-2-1-3-7(9)13-8/h1-4,6,13H,(H,12,15). The second kappa shape index (κ2) is 3.17. The highest BCUT2D eigenvalue weighted by Gasteiger charge is 2.16. The minimum atomic E-state index is 0.546. The minimum Gasteiger partial charge on any atom is -0.451 e. The first kappa shape index (κ1) is 8.61. The average Bonchev–Trinajstić information content (AvgIpc) is 2.26. The monoisotopic (exact) mass is 215 g/mol. The summed E-state index contributed by atoms with van der Waals surface area (Å²) in [5.41, 5.74) is 1.70. The van der Waals surface area contributed by atoms with Gasteiger partial charge in [0.25, 0.3) is 0 Å². The van der Waals surface area contributed by atoms with Crippen molar-refractivity contribution in [1.82, 2.24) is 4.98 Å². The molecule has 1 aliphatic heterocycles. The molecule has 0 saturated carbocycles. The molecule has 1 aliphatic rings. The molecule has 1 radical (unpaired) electrons. The molecule has 73 valence electrons. The fraction of sp³-hybridized carbons (Fsp3) is 0. The number of hydrogen-bond acceptors (Lipinski definition) is 4. The van der Waals surface area contributed by atoms with E-state index in [2.05, 4.69) is 29.0 Å². The van der Waals surface area contributed by atoms with E-state index in [-0.39, 0.29) is 0 Å². The van der Waals surface area contributed by atoms with Gasteiger partial charge in [0.05, 0.1) is 17.6 Å². The lowest BCUT2D eigenvalue weighted by Crippen LogP contribution is -2.03. The maximum Gasteiger partial charge on any atom is 0.169 e. The molecule has 2 aromatic rings. The summed E-state index contributed by atoms with van der Waals surface area (Å²) in [5, 5.41) is 3.76. The zero-order valence-corrected chi connectivity index (χ0v) is 8.58. The molecule has 0 spiro atoms. The van der Waals surface area contributed by atoms with Gasteiger partial charge < -0.3 is 10.1 Å². The summed E-state index contributed by atoms with van der Waals surface area (Å²) in [5.74, 6) is 1.47. The zero-order valence-electron chi connectivity index (χ0n) is 7.69. The molecule has 0 saturated heterocycles. The largest absolute Gasteiger partial charge is 0.451 e. The van der Waals surface area contributed by atoms with E-state index in [4.69, 9.17) is 4.74 Å². The lowest BCUT2D eigenvalue weighted by molar-refractivity contribution is 0.477. The molecule has 0 unspecified atom stereocenters. The highest BCUT2D eigenvalue weighted by Crippen LogP contribution is 2.41. The Balaban J connectivity index is 2.11. The summed E-state index contributed by atoms with van der Waals surface area (Å²) in [6.45, 7) is 0. The summed E-state index contributed by atoms with van der Waals surface area (Å²) in [4.78, 5) is 4.01. The summed E-state index contributed by atoms with van der Waals surface area (Å²) in [7, 11) is 0. The normalized spacial score (nSPS) is 12.1. The van der Waals surface area contributed by atoms with Crippen molar-refractivity contribution in [2.24, 2.45) is 0 Å². The lowest BCUT2D eigenvalue weighted by Gasteiger charge is -2.20. The predicted molar refractivity (Wildman–Crippen MR) is 60.1 cm³/mol. The molecular weight excluding hydrogens is 208 g/mol. The third-order valence-electron chi connectivity index (χ3n) is 2.15. The molecule has 3 rings (SSSR count). The Labute approximate surface area is 92.5 Å². The van der Waals surface area contributed by atoms with E-state index in [1.54, 1.807) is 6.20 Å². The molecule has 0 bridgehead atoms. The number of pyridine rings is 1. The highest BCUT2D eigenvalue weighted by atomic mass is 32.1. The van der Waals surface area contributed by atoms with Crippen LogP contribution in [0.5, 0.6) is 11.5 Å². The molecule has 3 nitrogen and oxygen atoms in total. The molecule has 0 aliphatic carbocycles. The second-order valence-corrected chi connectivity index (χ2v) is 3.59. The number of fused-ring (bicyclic) bond motifs is 2. The van der Waals surface area contributed by atoms with Gasteiger partial charge in [0.1, 0.15) is 5.03 Å². The van der Waals surface area contributed by atoms with Crippen LogP contribution in [-0.2, 0) is 0 Å². The van der Waals surface area contributed by atoms with Gasteiger partial charge in [0.2, 0.25) is 0 Å². The van der Waals surface area contributed by atoms with Gasteiger partial charge in [-0.05, 0) is 12.1 Å². The van der Waals surface area contributed by atoms with Crippen molar-refractivity contribution in [3.63, 3.8) is 0 Å². The first-order valence-electron chi connectivity index (χ1n) is 4.48. The third kappa shape index (κ3) is 1.43. The number of para-hydroxylation sites is 2. The van der Waals surface area contributed by atoms with E-state index < -0.39 is 0 Å². The summed E-state index contributed by atoms with van der Waals surface area (Å²) in [6.07, 6.45) is 1.64. The van der Waals surface area contributed by atoms with Crippen molar-refractivity contribution >= 4 is 24.0 Å². The molecule has 0 fully saturated rings. The van der Waals surface area contributed by atoms with Crippen LogP contribution < -0.4 is 10.1 Å². The van der Waals surface area contributed by atoms with Crippen molar-refractivity contribution in [1.29, 1.82) is 0 Å². The van der Waals surface area contributed by atoms with Crippen LogP contribution in [-0.4, -0.2) is 4.98 Å². The predicted octanol–water partition coefficient (Wildman–Crippen LogP) is 3.02. The minimum absolute atomic E-state index is 0.546. The number of ether oxygens (including phenoxy) is 1. The second-order valence-electron chi connectivity index (χ2n) is 3.17. The van der Waals surface area contributed by atoms with E-state index in [1.165, 1.54) is 0 Å². The Bertz CT molecular complexity index is 528. The van der Waals surface area contributed by atoms with Crippen LogP contribution in [0.3, 0.4) is 0 Å². The molecular formula is C11H7N2OS. The topological polar surface area (TPSA) is 34.1 Å². The van der Waals surface area contributed by atoms with Gasteiger partial charge in [0.15, 0.2) is 11.5 Å². The van der Waals surface area contributed by atoms with Crippen LogP contribution in [0.25, 0.3) is 0 Å². The maximum absolute atomic E-state index is 5.64. The van der Waals surface area contributed by atoms with E-state index in [9.17, 15) is 0 Å². The molecule has 0 atom stereocenters. The SMILES string of the molecule is Sc1[c]c2c(cn1)Oc1ccccc1N2. The Morgan fingerprint density at radius 2 is 2.13 bits per heavy atom. The average molecular weight is 215 g/mol. The van der Waals surface area contributed by atoms with Crippen LogP contribution in [0, 0.1) is 6.07 Å². The van der Waals surface area contributed by atoms with Gasteiger partial charge in [0, 0.05) is 6.07 Å². The summed E-state index contributed by atoms with van der Waals surface area (Å²) in [6, 6.07) is 10.7. The maximum atomic E-state index is 5.64. The molecule has 1 N–H and O–H groups in total. The van der Waals surface area contributed by atoms with Crippen molar-refractivity contribution in [3.8, 4) is 11.5 Å². The summed E-state index contributed by atoms with van der Waals surface area (Å²) < 4.78 is 5.64. The van der Waals surface area contributed by atoms with Crippen molar-refractivity contribution in [3.05, 3.63) is 36.5 Å². The van der Waals surface area contributed by atoms with Crippen LogP contribution in [0.2, 0.25) is 0 Å². The van der Waals surface area contributed by atoms with Crippen molar-refractivity contribution in [2.45, 2.75) is 5.03 Å². The molecule has 1 aromatic carbocycles. The highest BCUT2D eigenvalue weighted by molar-refractivity contribution is 7.80. The number of anilines is 2. The first-order chi connectivity index (χ1) is 7.33. The van der Waals surface area contributed by atoms with E-state index in [0.717, 1.165) is 17.1 Å². The number of hydrogen-bond donors (Lipinski definition) is 2. The molecule has 15 heavy (non-hydrogen) atoms. The van der Waals surface area contributed by atoms with Crippen LogP contribution in [0.15, 0.2) is 35.5 Å². The van der Waals surface area contributed by atoms with Crippen LogP contribution in [0.4, 0.5) is 11.4 Å². The Morgan fingerprint density at radius 1 is 1.27 bits per heavy atom. The fourth-order valence-corrected chi connectivity index (χ4v) is 1.64. The lowest BCUT2D eigenvalue weighted by atomic mass is 10.2. The van der Waals surface area contributed by atoms with Crippen LogP contribution >= 0.6 is 12.6 Å². The Morgan fingerprint density at radius 3 is 3.07 bits per heavy atom. The van der Waals surface area contributed by atoms with Crippen molar-refractivity contribution < 1.29 is 4.74 Å². The number of rotatable bonds is 0. The molecule has 1 aromatic heterocycles. The van der Waals surface area contributed by atoms with Gasteiger partial charge >= 0.3 is 0 Å². The van der Waals surface area contributed by atoms with Gasteiger partial charge in [-0.15, -0.1) is 12.6 Å². The molecule has 2 heterocycles. The molecule has 0 amide bonds. The molecule has 4 heteroatoms. The van der Waals surface area contributed by atoms with Gasteiger partial charge in [-0.1, -0.05) is 12.1 Å².